The van der Waals surface area contributed by atoms with Gasteiger partial charge in [0.25, 0.3) is 0 Å². The minimum Gasteiger partial charge on any atom is -0.311 e. The summed E-state index contributed by atoms with van der Waals surface area (Å²) < 4.78 is 2.01. The van der Waals surface area contributed by atoms with Crippen LogP contribution in [0.5, 0.6) is 0 Å². The molecule has 0 spiro atoms. The second-order valence-corrected chi connectivity index (χ2v) is 6.18. The Hall–Kier alpha value is -0.250. The molecular weight excluding hydrogens is 281 g/mol. The smallest absolute Gasteiger partial charge is 0.0863 e. The molecule has 2 rings (SSSR count). The Morgan fingerprint density at radius 2 is 2.11 bits per heavy atom. The molecule has 108 valence electrons. The van der Waals surface area contributed by atoms with Gasteiger partial charge in [-0.05, 0) is 38.0 Å². The van der Waals surface area contributed by atoms with Crippen molar-refractivity contribution in [3.05, 3.63) is 16.4 Å². The van der Waals surface area contributed by atoms with Crippen LogP contribution in [0.4, 0.5) is 0 Å². The number of rotatable bonds is 8. The molecule has 0 aliphatic heterocycles. The fourth-order valence-electron chi connectivity index (χ4n) is 2.52. The third-order valence-electron chi connectivity index (χ3n) is 4.07. The number of halogens is 2. The first-order valence-electron chi connectivity index (χ1n) is 7.16. The number of hydrogen-bond donors (Lipinski definition) is 1. The number of aromatic nitrogens is 2. The van der Waals surface area contributed by atoms with Crippen LogP contribution in [0.25, 0.3) is 0 Å². The van der Waals surface area contributed by atoms with Gasteiger partial charge in [-0.3, -0.25) is 4.68 Å². The lowest BCUT2D eigenvalue weighted by atomic mass is 10.0. The van der Waals surface area contributed by atoms with Gasteiger partial charge >= 0.3 is 0 Å². The van der Waals surface area contributed by atoms with Crippen LogP contribution in [0.2, 0.25) is 5.02 Å². The van der Waals surface area contributed by atoms with E-state index in [0.717, 1.165) is 54.8 Å². The molecule has 3 nitrogen and oxygen atoms in total. The summed E-state index contributed by atoms with van der Waals surface area (Å²) in [5.74, 6) is 0.759. The van der Waals surface area contributed by atoms with Gasteiger partial charge in [0, 0.05) is 25.5 Å². The van der Waals surface area contributed by atoms with E-state index in [0.29, 0.717) is 5.41 Å². The summed E-state index contributed by atoms with van der Waals surface area (Å²) in [5, 5.41) is 8.91. The van der Waals surface area contributed by atoms with E-state index in [4.69, 9.17) is 23.2 Å². The molecule has 1 aliphatic carbocycles. The Labute approximate surface area is 125 Å². The van der Waals surface area contributed by atoms with Crippen LogP contribution in [-0.2, 0) is 19.5 Å². The summed E-state index contributed by atoms with van der Waals surface area (Å²) in [5.41, 5.74) is 2.57. The molecule has 0 unspecified atom stereocenters. The van der Waals surface area contributed by atoms with Gasteiger partial charge in [0.15, 0.2) is 0 Å². The van der Waals surface area contributed by atoms with Gasteiger partial charge in [0.1, 0.15) is 0 Å². The van der Waals surface area contributed by atoms with E-state index >= 15 is 0 Å². The lowest BCUT2D eigenvalue weighted by molar-refractivity contribution is 0.438. The number of nitrogens with zero attached hydrogens (tertiary/aromatic N) is 2. The normalized spacial score (nSPS) is 16.8. The Morgan fingerprint density at radius 1 is 1.37 bits per heavy atom. The highest BCUT2D eigenvalue weighted by atomic mass is 35.5. The molecular formula is C14H23Cl2N3. The largest absolute Gasteiger partial charge is 0.311 e. The second-order valence-electron chi connectivity index (χ2n) is 5.42. The van der Waals surface area contributed by atoms with Crippen LogP contribution in [0.3, 0.4) is 0 Å². The summed E-state index contributed by atoms with van der Waals surface area (Å²) in [6.45, 7) is 6.88. The van der Waals surface area contributed by atoms with Crippen molar-refractivity contribution < 1.29 is 0 Å². The standard InChI is InChI=1S/C14H23Cl2N3/c1-3-11-13(16)12(19(4-2)18-11)9-17-10-14(5-6-14)7-8-15/h17H,3-10H2,1-2H3. The van der Waals surface area contributed by atoms with Crippen LogP contribution in [0.15, 0.2) is 0 Å². The summed E-state index contributed by atoms with van der Waals surface area (Å²) in [7, 11) is 0. The van der Waals surface area contributed by atoms with E-state index in [-0.39, 0.29) is 0 Å². The molecule has 0 bridgehead atoms. The predicted octanol–water partition coefficient (Wildman–Crippen LogP) is 3.62. The second kappa shape index (κ2) is 6.47. The average Bonchev–Trinajstić information content (AvgIpc) is 3.10. The molecule has 0 radical (unpaired) electrons. The Bertz CT molecular complexity index is 425. The Kier molecular flexibility index (Phi) is 5.15. The molecule has 1 N–H and O–H groups in total. The van der Waals surface area contributed by atoms with Gasteiger partial charge in [-0.15, -0.1) is 11.6 Å². The summed E-state index contributed by atoms with van der Waals surface area (Å²) in [6, 6.07) is 0. The van der Waals surface area contributed by atoms with Crippen molar-refractivity contribution in [1.29, 1.82) is 0 Å². The zero-order chi connectivity index (χ0) is 13.9. The van der Waals surface area contributed by atoms with Gasteiger partial charge in [-0.1, -0.05) is 18.5 Å². The fraction of sp³-hybridized carbons (Fsp3) is 0.786. The van der Waals surface area contributed by atoms with Gasteiger partial charge in [-0.2, -0.15) is 5.10 Å². The highest BCUT2D eigenvalue weighted by molar-refractivity contribution is 6.31. The Balaban J connectivity index is 1.94. The van der Waals surface area contributed by atoms with Crippen molar-refractivity contribution in [1.82, 2.24) is 15.1 Å². The van der Waals surface area contributed by atoms with Crippen LogP contribution in [0, 0.1) is 5.41 Å². The molecule has 1 saturated carbocycles. The van der Waals surface area contributed by atoms with Crippen molar-refractivity contribution in [2.24, 2.45) is 5.41 Å². The molecule has 0 atom stereocenters. The van der Waals surface area contributed by atoms with Crippen molar-refractivity contribution in [3.63, 3.8) is 0 Å². The SMILES string of the molecule is CCc1nn(CC)c(CNCC2(CCCl)CC2)c1Cl. The molecule has 0 aromatic carbocycles. The number of aryl methyl sites for hydroxylation is 2. The molecule has 0 amide bonds. The monoisotopic (exact) mass is 303 g/mol. The third kappa shape index (κ3) is 3.45. The molecule has 5 heteroatoms. The van der Waals surface area contributed by atoms with E-state index in [9.17, 15) is 0 Å². The first-order valence-corrected chi connectivity index (χ1v) is 8.07. The predicted molar refractivity (Wildman–Crippen MR) is 81.0 cm³/mol. The van der Waals surface area contributed by atoms with Crippen molar-refractivity contribution in [3.8, 4) is 0 Å². The molecule has 19 heavy (non-hydrogen) atoms. The van der Waals surface area contributed by atoms with E-state index < -0.39 is 0 Å². The topological polar surface area (TPSA) is 29.9 Å². The summed E-state index contributed by atoms with van der Waals surface area (Å²) in [4.78, 5) is 0. The highest BCUT2D eigenvalue weighted by Gasteiger charge is 2.41. The fourth-order valence-corrected chi connectivity index (χ4v) is 3.26. The minimum absolute atomic E-state index is 0.457. The molecule has 1 aromatic heterocycles. The average molecular weight is 304 g/mol. The molecule has 0 saturated heterocycles. The number of nitrogens with one attached hydrogen (secondary N) is 1. The first-order chi connectivity index (χ1) is 9.15. The zero-order valence-electron chi connectivity index (χ0n) is 11.8. The summed E-state index contributed by atoms with van der Waals surface area (Å²) >= 11 is 12.2. The van der Waals surface area contributed by atoms with E-state index in [1.165, 1.54) is 12.8 Å². The third-order valence-corrected chi connectivity index (χ3v) is 4.69. The number of alkyl halides is 1. The van der Waals surface area contributed by atoms with Crippen LogP contribution >= 0.6 is 23.2 Å². The van der Waals surface area contributed by atoms with Gasteiger partial charge < -0.3 is 5.32 Å². The van der Waals surface area contributed by atoms with Crippen LogP contribution < -0.4 is 5.32 Å². The number of hydrogen-bond acceptors (Lipinski definition) is 2. The van der Waals surface area contributed by atoms with Gasteiger partial charge in [0.2, 0.25) is 0 Å². The van der Waals surface area contributed by atoms with Crippen LogP contribution in [0.1, 0.15) is 44.5 Å². The maximum Gasteiger partial charge on any atom is 0.0863 e. The van der Waals surface area contributed by atoms with Crippen molar-refractivity contribution in [2.45, 2.75) is 52.6 Å². The van der Waals surface area contributed by atoms with Gasteiger partial charge in [0.05, 0.1) is 16.4 Å². The lowest BCUT2D eigenvalue weighted by Crippen LogP contribution is -2.25. The highest BCUT2D eigenvalue weighted by Crippen LogP contribution is 2.48. The van der Waals surface area contributed by atoms with Crippen molar-refractivity contribution in [2.75, 3.05) is 12.4 Å². The molecule has 1 aromatic rings. The minimum atomic E-state index is 0.457. The van der Waals surface area contributed by atoms with Crippen LogP contribution in [-0.4, -0.2) is 22.2 Å². The summed E-state index contributed by atoms with van der Waals surface area (Å²) in [6.07, 6.45) is 4.60. The maximum absolute atomic E-state index is 6.39. The molecule has 1 fully saturated rings. The van der Waals surface area contributed by atoms with E-state index in [1.807, 2.05) is 4.68 Å². The maximum atomic E-state index is 6.39. The zero-order valence-corrected chi connectivity index (χ0v) is 13.3. The van der Waals surface area contributed by atoms with E-state index in [1.54, 1.807) is 0 Å². The first kappa shape index (κ1) is 15.1. The lowest BCUT2D eigenvalue weighted by Gasteiger charge is -2.15. The molecule has 1 heterocycles. The quantitative estimate of drug-likeness (QED) is 0.743. The van der Waals surface area contributed by atoms with E-state index in [2.05, 4.69) is 24.3 Å². The Morgan fingerprint density at radius 3 is 2.63 bits per heavy atom. The molecule has 1 aliphatic rings. The van der Waals surface area contributed by atoms with Gasteiger partial charge in [-0.25, -0.2) is 0 Å². The van der Waals surface area contributed by atoms with Crippen molar-refractivity contribution >= 4 is 23.2 Å².